The van der Waals surface area contributed by atoms with Crippen LogP contribution in [0, 0.1) is 17.0 Å². The molecule has 6 heteroatoms. The van der Waals surface area contributed by atoms with Crippen LogP contribution in [0.2, 0.25) is 0 Å². The van der Waals surface area contributed by atoms with E-state index in [9.17, 15) is 15.2 Å². The molecule has 102 valence electrons. The van der Waals surface area contributed by atoms with Gasteiger partial charge in [0, 0.05) is 23.9 Å². The average molecular weight is 335 g/mol. The fraction of sp³-hybridized carbons (Fsp3) is 0.0714. The first-order chi connectivity index (χ1) is 9.47. The number of phenols is 1. The van der Waals surface area contributed by atoms with E-state index in [1.807, 2.05) is 31.2 Å². The van der Waals surface area contributed by atoms with E-state index in [4.69, 9.17) is 0 Å². The molecule has 0 aliphatic rings. The second-order valence-corrected chi connectivity index (χ2v) is 5.07. The molecule has 20 heavy (non-hydrogen) atoms. The van der Waals surface area contributed by atoms with E-state index in [1.54, 1.807) is 0 Å². The summed E-state index contributed by atoms with van der Waals surface area (Å²) < 4.78 is 0.261. The van der Waals surface area contributed by atoms with Crippen LogP contribution < -0.4 is 0 Å². The zero-order valence-electron chi connectivity index (χ0n) is 10.6. The monoisotopic (exact) mass is 334 g/mol. The number of nitrogens with zero attached hydrogens (tertiary/aromatic N) is 2. The fourth-order valence-electron chi connectivity index (χ4n) is 1.58. The molecule has 0 radical (unpaired) electrons. The Hall–Kier alpha value is -2.21. The maximum absolute atomic E-state index is 10.8. The zero-order valence-corrected chi connectivity index (χ0v) is 12.2. The summed E-state index contributed by atoms with van der Waals surface area (Å²) in [6, 6.07) is 10.0. The molecule has 2 rings (SSSR count). The highest BCUT2D eigenvalue weighted by Crippen LogP contribution is 2.31. The van der Waals surface area contributed by atoms with E-state index in [0.717, 1.165) is 5.56 Å². The number of phenolic OH excluding ortho intramolecular Hbond substituents is 1. The number of halogens is 1. The Morgan fingerprint density at radius 3 is 2.55 bits per heavy atom. The van der Waals surface area contributed by atoms with Crippen molar-refractivity contribution >= 4 is 33.5 Å². The van der Waals surface area contributed by atoms with Crippen molar-refractivity contribution in [3.8, 4) is 5.75 Å². The predicted molar refractivity (Wildman–Crippen MR) is 80.9 cm³/mol. The van der Waals surface area contributed by atoms with Gasteiger partial charge in [0.1, 0.15) is 5.75 Å². The number of aryl methyl sites for hydroxylation is 1. The lowest BCUT2D eigenvalue weighted by Gasteiger charge is -2.02. The second kappa shape index (κ2) is 5.83. The Bertz CT molecular complexity index is 682. The summed E-state index contributed by atoms with van der Waals surface area (Å²) >= 11 is 3.08. The van der Waals surface area contributed by atoms with Crippen molar-refractivity contribution in [3.05, 3.63) is 62.1 Å². The van der Waals surface area contributed by atoms with Gasteiger partial charge in [0.25, 0.3) is 5.69 Å². The van der Waals surface area contributed by atoms with Gasteiger partial charge in [0.2, 0.25) is 0 Å². The number of aliphatic imine (C=N–C) groups is 1. The van der Waals surface area contributed by atoms with Crippen LogP contribution in [0.25, 0.3) is 0 Å². The highest BCUT2D eigenvalue weighted by Gasteiger charge is 2.13. The number of hydrogen-bond donors (Lipinski definition) is 1. The highest BCUT2D eigenvalue weighted by atomic mass is 79.9. The summed E-state index contributed by atoms with van der Waals surface area (Å²) in [7, 11) is 0. The average Bonchev–Trinajstić information content (AvgIpc) is 2.42. The number of rotatable bonds is 3. The van der Waals surface area contributed by atoms with E-state index in [1.165, 1.54) is 18.3 Å². The van der Waals surface area contributed by atoms with Crippen LogP contribution in [0.1, 0.15) is 11.1 Å². The third kappa shape index (κ3) is 3.21. The summed E-state index contributed by atoms with van der Waals surface area (Å²) in [5.41, 5.74) is 1.99. The first kappa shape index (κ1) is 14.2. The van der Waals surface area contributed by atoms with Crippen LogP contribution in [0.4, 0.5) is 11.4 Å². The summed E-state index contributed by atoms with van der Waals surface area (Å²) in [5.74, 6) is -0.0774. The summed E-state index contributed by atoms with van der Waals surface area (Å²) in [5, 5.41) is 20.7. The lowest BCUT2D eigenvalue weighted by molar-refractivity contribution is -0.385. The second-order valence-electron chi connectivity index (χ2n) is 4.22. The van der Waals surface area contributed by atoms with Crippen molar-refractivity contribution in [2.45, 2.75) is 6.92 Å². The smallest absolute Gasteiger partial charge is 0.271 e. The van der Waals surface area contributed by atoms with Crippen LogP contribution >= 0.6 is 15.9 Å². The van der Waals surface area contributed by atoms with Gasteiger partial charge in [-0.25, -0.2) is 0 Å². The molecule has 0 aliphatic carbocycles. The fourth-order valence-corrected chi connectivity index (χ4v) is 2.05. The third-order valence-corrected chi connectivity index (χ3v) is 3.28. The number of benzene rings is 2. The maximum atomic E-state index is 10.8. The summed E-state index contributed by atoms with van der Waals surface area (Å²) in [6.45, 7) is 1.97. The van der Waals surface area contributed by atoms with Crippen molar-refractivity contribution in [3.63, 3.8) is 0 Å². The molecule has 0 spiro atoms. The van der Waals surface area contributed by atoms with Crippen LogP contribution in [0.3, 0.4) is 0 Å². The molecule has 2 aromatic rings. The van der Waals surface area contributed by atoms with Crippen molar-refractivity contribution in [2.24, 2.45) is 4.99 Å². The van der Waals surface area contributed by atoms with Crippen LogP contribution in [-0.4, -0.2) is 16.2 Å². The Morgan fingerprint density at radius 1 is 1.30 bits per heavy atom. The molecule has 0 aromatic heterocycles. The quantitative estimate of drug-likeness (QED) is 0.521. The molecular weight excluding hydrogens is 324 g/mol. The van der Waals surface area contributed by atoms with Crippen molar-refractivity contribution in [2.75, 3.05) is 0 Å². The number of nitro benzene ring substituents is 1. The van der Waals surface area contributed by atoms with E-state index in [-0.39, 0.29) is 21.5 Å². The number of non-ortho nitro benzene ring substituents is 1. The molecule has 0 unspecified atom stereocenters. The topological polar surface area (TPSA) is 75.7 Å². The van der Waals surface area contributed by atoms with Crippen molar-refractivity contribution in [1.82, 2.24) is 0 Å². The number of nitro groups is 1. The Balaban J connectivity index is 2.37. The van der Waals surface area contributed by atoms with E-state index >= 15 is 0 Å². The maximum Gasteiger partial charge on any atom is 0.271 e. The van der Waals surface area contributed by atoms with Gasteiger partial charge in [-0.15, -0.1) is 0 Å². The minimum Gasteiger partial charge on any atom is -0.506 e. The predicted octanol–water partition coefficient (Wildman–Crippen LogP) is 4.12. The lowest BCUT2D eigenvalue weighted by atomic mass is 10.2. The Labute approximate surface area is 123 Å². The standard InChI is InChI=1S/C14H11BrN2O3/c1-9-2-4-11(5-3-9)16-8-10-6-12(17(19)20)7-13(15)14(10)18/h2-8,18H,1H3. The molecule has 5 nitrogen and oxygen atoms in total. The molecule has 0 saturated heterocycles. The molecule has 0 heterocycles. The normalized spacial score (nSPS) is 10.9. The van der Waals surface area contributed by atoms with Gasteiger partial charge in [-0.05, 0) is 35.0 Å². The minimum absolute atomic E-state index is 0.0774. The molecule has 0 fully saturated rings. The van der Waals surface area contributed by atoms with Crippen LogP contribution in [0.15, 0.2) is 45.9 Å². The third-order valence-electron chi connectivity index (χ3n) is 2.68. The molecule has 1 N–H and O–H groups in total. The number of hydrogen-bond acceptors (Lipinski definition) is 4. The SMILES string of the molecule is Cc1ccc(N=Cc2cc([N+](=O)[O-])cc(Br)c2O)cc1. The summed E-state index contributed by atoms with van der Waals surface area (Å²) in [4.78, 5) is 14.5. The van der Waals surface area contributed by atoms with Gasteiger partial charge in [-0.3, -0.25) is 15.1 Å². The van der Waals surface area contributed by atoms with Gasteiger partial charge in [0.15, 0.2) is 0 Å². The Morgan fingerprint density at radius 2 is 1.95 bits per heavy atom. The molecule has 2 aromatic carbocycles. The van der Waals surface area contributed by atoms with Gasteiger partial charge < -0.3 is 5.11 Å². The first-order valence-corrected chi connectivity index (χ1v) is 6.54. The van der Waals surface area contributed by atoms with Gasteiger partial charge in [0.05, 0.1) is 15.1 Å². The first-order valence-electron chi connectivity index (χ1n) is 5.75. The van der Waals surface area contributed by atoms with Gasteiger partial charge in [-0.2, -0.15) is 0 Å². The van der Waals surface area contributed by atoms with E-state index in [2.05, 4.69) is 20.9 Å². The molecule has 0 atom stereocenters. The molecule has 0 bridgehead atoms. The van der Waals surface area contributed by atoms with Crippen LogP contribution in [-0.2, 0) is 0 Å². The molecule has 0 saturated carbocycles. The highest BCUT2D eigenvalue weighted by molar-refractivity contribution is 9.10. The largest absolute Gasteiger partial charge is 0.506 e. The zero-order chi connectivity index (χ0) is 14.7. The lowest BCUT2D eigenvalue weighted by Crippen LogP contribution is -1.91. The molecular formula is C14H11BrN2O3. The molecule has 0 amide bonds. The van der Waals surface area contributed by atoms with Gasteiger partial charge >= 0.3 is 0 Å². The minimum atomic E-state index is -0.520. The molecule has 0 aliphatic heterocycles. The van der Waals surface area contributed by atoms with Crippen molar-refractivity contribution in [1.29, 1.82) is 0 Å². The van der Waals surface area contributed by atoms with E-state index < -0.39 is 4.92 Å². The Kier molecular flexibility index (Phi) is 4.14. The van der Waals surface area contributed by atoms with Gasteiger partial charge in [-0.1, -0.05) is 17.7 Å². The van der Waals surface area contributed by atoms with Crippen LogP contribution in [0.5, 0.6) is 5.75 Å². The summed E-state index contributed by atoms with van der Waals surface area (Å²) in [6.07, 6.45) is 1.40. The van der Waals surface area contributed by atoms with E-state index in [0.29, 0.717) is 5.69 Å². The number of aromatic hydroxyl groups is 1. The van der Waals surface area contributed by atoms with Crippen molar-refractivity contribution < 1.29 is 10.0 Å².